The van der Waals surface area contributed by atoms with Crippen LogP contribution in [0.4, 0.5) is 4.79 Å². The number of hydrogen-bond acceptors (Lipinski definition) is 6. The first-order valence-corrected chi connectivity index (χ1v) is 8.54. The molecule has 0 aliphatic carbocycles. The molecule has 0 radical (unpaired) electrons. The van der Waals surface area contributed by atoms with Crippen molar-refractivity contribution in [3.63, 3.8) is 0 Å². The monoisotopic (exact) mass is 351 g/mol. The fraction of sp³-hybridized carbons (Fsp3) is 0.556. The maximum atomic E-state index is 12.4. The quantitative estimate of drug-likeness (QED) is 0.754. The molecule has 0 aromatic heterocycles. The van der Waals surface area contributed by atoms with Crippen LogP contribution in [0.1, 0.15) is 31.7 Å². The minimum absolute atomic E-state index is 0.107. The van der Waals surface area contributed by atoms with Crippen molar-refractivity contribution in [1.82, 2.24) is 4.90 Å². The summed E-state index contributed by atoms with van der Waals surface area (Å²) >= 11 is 0. The van der Waals surface area contributed by atoms with Crippen molar-refractivity contribution >= 4 is 12.1 Å². The fourth-order valence-electron chi connectivity index (χ4n) is 2.92. The second-order valence-corrected chi connectivity index (χ2v) is 5.98. The summed E-state index contributed by atoms with van der Waals surface area (Å²) in [6, 6.07) is 8.59. The van der Waals surface area contributed by atoms with E-state index in [1.165, 1.54) is 4.90 Å². The number of aliphatic hydroxyl groups is 2. The summed E-state index contributed by atoms with van der Waals surface area (Å²) in [5, 5.41) is 20.3. The van der Waals surface area contributed by atoms with Crippen LogP contribution in [0.3, 0.4) is 0 Å². The zero-order chi connectivity index (χ0) is 18.2. The molecule has 1 aromatic carbocycles. The SMILES string of the molecule is CCOC(=O)C(O)C(O)C1CCCCN1C(=O)OCc1ccccc1. The number of hydrogen-bond donors (Lipinski definition) is 2. The fourth-order valence-corrected chi connectivity index (χ4v) is 2.92. The van der Waals surface area contributed by atoms with Gasteiger partial charge in [-0.3, -0.25) is 0 Å². The van der Waals surface area contributed by atoms with Gasteiger partial charge in [-0.1, -0.05) is 30.3 Å². The zero-order valence-corrected chi connectivity index (χ0v) is 14.3. The van der Waals surface area contributed by atoms with Gasteiger partial charge >= 0.3 is 12.1 Å². The smallest absolute Gasteiger partial charge is 0.410 e. The maximum Gasteiger partial charge on any atom is 0.410 e. The van der Waals surface area contributed by atoms with E-state index in [0.717, 1.165) is 18.4 Å². The highest BCUT2D eigenvalue weighted by Crippen LogP contribution is 2.23. The number of amides is 1. The van der Waals surface area contributed by atoms with Gasteiger partial charge in [0, 0.05) is 6.54 Å². The van der Waals surface area contributed by atoms with Crippen LogP contribution in [0.25, 0.3) is 0 Å². The first-order valence-electron chi connectivity index (χ1n) is 8.54. The van der Waals surface area contributed by atoms with Gasteiger partial charge in [0.25, 0.3) is 0 Å². The molecule has 3 unspecified atom stereocenters. The van der Waals surface area contributed by atoms with Gasteiger partial charge in [-0.25, -0.2) is 9.59 Å². The first kappa shape index (κ1) is 19.2. The number of benzene rings is 1. The Labute approximate surface area is 147 Å². The van der Waals surface area contributed by atoms with Crippen molar-refractivity contribution in [2.24, 2.45) is 0 Å². The largest absolute Gasteiger partial charge is 0.464 e. The lowest BCUT2D eigenvalue weighted by molar-refractivity contribution is -0.162. The third-order valence-electron chi connectivity index (χ3n) is 4.23. The molecule has 1 fully saturated rings. The standard InChI is InChI=1S/C18H25NO6/c1-2-24-17(22)16(21)15(20)14-10-6-7-11-19(14)18(23)25-12-13-8-4-3-5-9-13/h3-5,8-9,14-16,20-21H,2,6-7,10-12H2,1H3. The number of nitrogens with zero attached hydrogens (tertiary/aromatic N) is 1. The third kappa shape index (κ3) is 5.17. The Hall–Kier alpha value is -2.12. The highest BCUT2D eigenvalue weighted by molar-refractivity contribution is 5.75. The molecule has 7 heteroatoms. The van der Waals surface area contributed by atoms with Gasteiger partial charge in [0.05, 0.1) is 12.6 Å². The Morgan fingerprint density at radius 1 is 1.20 bits per heavy atom. The van der Waals surface area contributed by atoms with Crippen molar-refractivity contribution in [2.75, 3.05) is 13.2 Å². The van der Waals surface area contributed by atoms with E-state index in [2.05, 4.69) is 0 Å². The Morgan fingerprint density at radius 2 is 1.92 bits per heavy atom. The molecule has 1 heterocycles. The molecule has 3 atom stereocenters. The average Bonchev–Trinajstić information content (AvgIpc) is 2.66. The molecule has 2 N–H and O–H groups in total. The third-order valence-corrected chi connectivity index (χ3v) is 4.23. The lowest BCUT2D eigenvalue weighted by Gasteiger charge is -2.38. The second kappa shape index (κ2) is 9.39. The van der Waals surface area contributed by atoms with E-state index < -0.39 is 30.3 Å². The summed E-state index contributed by atoms with van der Waals surface area (Å²) in [5.74, 6) is -0.891. The predicted octanol–water partition coefficient (Wildman–Crippen LogP) is 1.46. The van der Waals surface area contributed by atoms with Crippen LogP contribution in [0.15, 0.2) is 30.3 Å². The van der Waals surface area contributed by atoms with Crippen LogP contribution in [0.5, 0.6) is 0 Å². The molecule has 1 aliphatic heterocycles. The molecule has 138 valence electrons. The summed E-state index contributed by atoms with van der Waals surface area (Å²) in [7, 11) is 0. The van der Waals surface area contributed by atoms with Crippen molar-refractivity contribution in [3.05, 3.63) is 35.9 Å². The van der Waals surface area contributed by atoms with E-state index in [1.807, 2.05) is 30.3 Å². The number of rotatable bonds is 6. The topological polar surface area (TPSA) is 96.3 Å². The molecular formula is C18H25NO6. The number of likely N-dealkylation sites (tertiary alicyclic amines) is 1. The van der Waals surface area contributed by atoms with Gasteiger partial charge in [-0.2, -0.15) is 0 Å². The molecule has 2 rings (SSSR count). The molecule has 25 heavy (non-hydrogen) atoms. The number of esters is 1. The molecule has 0 spiro atoms. The van der Waals surface area contributed by atoms with E-state index in [4.69, 9.17) is 9.47 Å². The highest BCUT2D eigenvalue weighted by atomic mass is 16.6. The van der Waals surface area contributed by atoms with Crippen LogP contribution in [0, 0.1) is 0 Å². The Kier molecular flexibility index (Phi) is 7.21. The second-order valence-electron chi connectivity index (χ2n) is 5.98. The molecule has 1 saturated heterocycles. The maximum absolute atomic E-state index is 12.4. The van der Waals surface area contributed by atoms with Crippen LogP contribution >= 0.6 is 0 Å². The highest BCUT2D eigenvalue weighted by Gasteiger charge is 2.39. The Bertz CT molecular complexity index is 564. The van der Waals surface area contributed by atoms with Crippen LogP contribution in [-0.2, 0) is 20.9 Å². The molecule has 7 nitrogen and oxygen atoms in total. The number of ether oxygens (including phenoxy) is 2. The number of carbonyl (C=O) groups excluding carboxylic acids is 2. The zero-order valence-electron chi connectivity index (χ0n) is 14.3. The lowest BCUT2D eigenvalue weighted by Crippen LogP contribution is -2.55. The van der Waals surface area contributed by atoms with Gasteiger partial charge in [-0.15, -0.1) is 0 Å². The van der Waals surface area contributed by atoms with Crippen LogP contribution in [-0.4, -0.2) is 58.6 Å². The Morgan fingerprint density at radius 3 is 2.60 bits per heavy atom. The van der Waals surface area contributed by atoms with E-state index in [9.17, 15) is 19.8 Å². The summed E-state index contributed by atoms with van der Waals surface area (Å²) in [6.45, 7) is 2.26. The van der Waals surface area contributed by atoms with E-state index in [-0.39, 0.29) is 13.2 Å². The average molecular weight is 351 g/mol. The van der Waals surface area contributed by atoms with E-state index in [1.54, 1.807) is 6.92 Å². The molecule has 0 saturated carbocycles. The normalized spacial score (nSPS) is 19.8. The van der Waals surface area contributed by atoms with Gasteiger partial charge in [0.1, 0.15) is 12.7 Å². The van der Waals surface area contributed by atoms with Crippen molar-refractivity contribution in [3.8, 4) is 0 Å². The van der Waals surface area contributed by atoms with Gasteiger partial charge in [-0.05, 0) is 31.7 Å². The molecule has 1 aromatic rings. The number of carbonyl (C=O) groups is 2. The van der Waals surface area contributed by atoms with Crippen LogP contribution in [0.2, 0.25) is 0 Å². The summed E-state index contributed by atoms with van der Waals surface area (Å²) in [6.07, 6.45) is -1.61. The van der Waals surface area contributed by atoms with Gasteiger partial charge < -0.3 is 24.6 Å². The van der Waals surface area contributed by atoms with Gasteiger partial charge in [0.15, 0.2) is 6.10 Å². The minimum Gasteiger partial charge on any atom is -0.464 e. The summed E-state index contributed by atoms with van der Waals surface area (Å²) in [5.41, 5.74) is 0.858. The minimum atomic E-state index is -1.69. The summed E-state index contributed by atoms with van der Waals surface area (Å²) in [4.78, 5) is 25.4. The van der Waals surface area contributed by atoms with E-state index in [0.29, 0.717) is 13.0 Å². The lowest BCUT2D eigenvalue weighted by atomic mass is 9.94. The number of piperidine rings is 1. The van der Waals surface area contributed by atoms with Gasteiger partial charge in [0.2, 0.25) is 0 Å². The first-order chi connectivity index (χ1) is 12.0. The molecule has 1 amide bonds. The van der Waals surface area contributed by atoms with Crippen LogP contribution < -0.4 is 0 Å². The molecule has 1 aliphatic rings. The molecule has 0 bridgehead atoms. The Balaban J connectivity index is 1.98. The van der Waals surface area contributed by atoms with Crippen molar-refractivity contribution < 1.29 is 29.3 Å². The molecular weight excluding hydrogens is 326 g/mol. The summed E-state index contributed by atoms with van der Waals surface area (Å²) < 4.78 is 10.0. The van der Waals surface area contributed by atoms with Crippen molar-refractivity contribution in [1.29, 1.82) is 0 Å². The van der Waals surface area contributed by atoms with Crippen molar-refractivity contribution in [2.45, 2.75) is 51.0 Å². The van der Waals surface area contributed by atoms with E-state index >= 15 is 0 Å². The predicted molar refractivity (Wildman–Crippen MR) is 89.6 cm³/mol. The number of aliphatic hydroxyl groups excluding tert-OH is 2.